The Hall–Kier alpha value is -2.25. The van der Waals surface area contributed by atoms with Crippen molar-refractivity contribution in [1.82, 2.24) is 14.9 Å². The van der Waals surface area contributed by atoms with E-state index < -0.39 is 0 Å². The summed E-state index contributed by atoms with van der Waals surface area (Å²) in [7, 11) is 0. The summed E-state index contributed by atoms with van der Waals surface area (Å²) in [5.74, 6) is 0.504. The maximum atomic E-state index is 13.4. The van der Waals surface area contributed by atoms with Gasteiger partial charge >= 0.3 is 0 Å². The maximum absolute atomic E-state index is 13.4. The van der Waals surface area contributed by atoms with E-state index in [1.165, 1.54) is 12.1 Å². The maximum Gasteiger partial charge on any atom is 0.225 e. The van der Waals surface area contributed by atoms with Crippen molar-refractivity contribution in [2.45, 2.75) is 6.92 Å². The number of amides is 1. The highest BCUT2D eigenvalue weighted by atomic mass is 35.5. The van der Waals surface area contributed by atoms with Crippen LogP contribution in [0.4, 0.5) is 10.2 Å². The van der Waals surface area contributed by atoms with Gasteiger partial charge < -0.3 is 9.80 Å². The van der Waals surface area contributed by atoms with Crippen LogP contribution in [0.15, 0.2) is 24.3 Å². The second-order valence-electron chi connectivity index (χ2n) is 6.16. The Bertz CT molecular complexity index is 967. The number of piperazine rings is 1. The Kier molecular flexibility index (Phi) is 4.50. The summed E-state index contributed by atoms with van der Waals surface area (Å²) in [5.41, 5.74) is 1.93. The third-order valence-corrected chi connectivity index (χ3v) is 5.75. The predicted octanol–water partition coefficient (Wildman–Crippen LogP) is 3.74. The number of anilines is 1. The first-order valence-electron chi connectivity index (χ1n) is 8.23. The molecule has 1 aliphatic rings. The molecular formula is C18H16ClFN4OS. The Balaban J connectivity index is 1.87. The summed E-state index contributed by atoms with van der Waals surface area (Å²) in [5, 5.41) is 1.14. The molecule has 8 heteroatoms. The van der Waals surface area contributed by atoms with Crippen molar-refractivity contribution in [2.75, 3.05) is 31.1 Å². The number of fused-ring (bicyclic) bond motifs is 1. The average Bonchev–Trinajstić information content (AvgIpc) is 2.97. The molecule has 0 N–H and O–H groups in total. The van der Waals surface area contributed by atoms with Gasteiger partial charge in [-0.15, -0.1) is 11.3 Å². The highest BCUT2D eigenvalue weighted by Gasteiger charge is 2.24. The van der Waals surface area contributed by atoms with Crippen LogP contribution in [0.1, 0.15) is 4.88 Å². The smallest absolute Gasteiger partial charge is 0.225 e. The minimum atomic E-state index is -0.268. The fraction of sp³-hybridized carbons (Fsp3) is 0.278. The minimum absolute atomic E-state index is 0.206. The Morgan fingerprint density at radius 2 is 1.85 bits per heavy atom. The zero-order valence-electron chi connectivity index (χ0n) is 14.1. The van der Waals surface area contributed by atoms with Crippen LogP contribution in [-0.2, 0) is 4.79 Å². The van der Waals surface area contributed by atoms with Crippen molar-refractivity contribution in [3.8, 4) is 11.1 Å². The van der Waals surface area contributed by atoms with Gasteiger partial charge in [0.1, 0.15) is 16.5 Å². The van der Waals surface area contributed by atoms with E-state index in [0.717, 1.165) is 38.4 Å². The van der Waals surface area contributed by atoms with Gasteiger partial charge in [-0.05, 0) is 36.2 Å². The molecule has 1 fully saturated rings. The number of aryl methyl sites for hydroxylation is 1. The van der Waals surface area contributed by atoms with Crippen LogP contribution in [0.5, 0.6) is 0 Å². The monoisotopic (exact) mass is 390 g/mol. The first kappa shape index (κ1) is 17.2. The molecule has 1 aromatic carbocycles. The van der Waals surface area contributed by atoms with Crippen LogP contribution in [-0.4, -0.2) is 47.5 Å². The molecule has 0 bridgehead atoms. The molecular weight excluding hydrogens is 375 g/mol. The topological polar surface area (TPSA) is 49.3 Å². The molecule has 0 unspecified atom stereocenters. The van der Waals surface area contributed by atoms with Gasteiger partial charge in [0.15, 0.2) is 0 Å². The molecule has 1 saturated heterocycles. The summed E-state index contributed by atoms with van der Waals surface area (Å²) in [4.78, 5) is 25.6. The molecule has 26 heavy (non-hydrogen) atoms. The highest BCUT2D eigenvalue weighted by molar-refractivity contribution is 7.19. The minimum Gasteiger partial charge on any atom is -0.352 e. The molecule has 0 spiro atoms. The number of halogens is 2. The van der Waals surface area contributed by atoms with Crippen molar-refractivity contribution in [3.63, 3.8) is 0 Å². The van der Waals surface area contributed by atoms with E-state index in [1.54, 1.807) is 28.4 Å². The van der Waals surface area contributed by atoms with Gasteiger partial charge in [0, 0.05) is 36.6 Å². The van der Waals surface area contributed by atoms with E-state index in [4.69, 9.17) is 11.6 Å². The SMILES string of the molecule is Cc1sc2nc(Cl)nc(N3CCN(C=O)CC3)c2c1-c1ccc(F)cc1. The average molecular weight is 391 g/mol. The molecule has 0 saturated carbocycles. The van der Waals surface area contributed by atoms with Gasteiger partial charge in [0.05, 0.1) is 5.39 Å². The number of rotatable bonds is 3. The number of carbonyl (C=O) groups is 1. The highest BCUT2D eigenvalue weighted by Crippen LogP contribution is 2.42. The van der Waals surface area contributed by atoms with Crippen LogP contribution in [0.2, 0.25) is 5.28 Å². The standard InChI is InChI=1S/C18H16ClFN4OS/c1-11-14(12-2-4-13(20)5-3-12)15-16(21-18(19)22-17(15)26-11)24-8-6-23(10-25)7-9-24/h2-5,10H,6-9H2,1H3. The van der Waals surface area contributed by atoms with E-state index >= 15 is 0 Å². The van der Waals surface area contributed by atoms with Gasteiger partial charge in [0.25, 0.3) is 0 Å². The van der Waals surface area contributed by atoms with Crippen LogP contribution >= 0.6 is 22.9 Å². The van der Waals surface area contributed by atoms with E-state index in [1.807, 2.05) is 6.92 Å². The molecule has 0 atom stereocenters. The second-order valence-corrected chi connectivity index (χ2v) is 7.71. The van der Waals surface area contributed by atoms with Gasteiger partial charge in [-0.25, -0.2) is 9.37 Å². The number of hydrogen-bond acceptors (Lipinski definition) is 5. The zero-order chi connectivity index (χ0) is 18.3. The van der Waals surface area contributed by atoms with Gasteiger partial charge in [0.2, 0.25) is 11.7 Å². The lowest BCUT2D eigenvalue weighted by molar-refractivity contribution is -0.118. The molecule has 5 nitrogen and oxygen atoms in total. The summed E-state index contributed by atoms with van der Waals surface area (Å²) < 4.78 is 13.4. The first-order chi connectivity index (χ1) is 12.6. The molecule has 134 valence electrons. The molecule has 1 aliphatic heterocycles. The third-order valence-electron chi connectivity index (χ3n) is 4.58. The molecule has 4 rings (SSSR count). The van der Waals surface area contributed by atoms with Crippen LogP contribution in [0.3, 0.4) is 0 Å². The van der Waals surface area contributed by atoms with E-state index in [-0.39, 0.29) is 11.1 Å². The van der Waals surface area contributed by atoms with E-state index in [2.05, 4.69) is 14.9 Å². The lowest BCUT2D eigenvalue weighted by Gasteiger charge is -2.33. The van der Waals surface area contributed by atoms with Crippen molar-refractivity contribution < 1.29 is 9.18 Å². The fourth-order valence-electron chi connectivity index (χ4n) is 3.30. The Morgan fingerprint density at radius 3 is 2.50 bits per heavy atom. The zero-order valence-corrected chi connectivity index (χ0v) is 15.6. The molecule has 1 amide bonds. The summed E-state index contributed by atoms with van der Waals surface area (Å²) in [6.07, 6.45) is 0.874. The predicted molar refractivity (Wildman–Crippen MR) is 102 cm³/mol. The van der Waals surface area contributed by atoms with Gasteiger partial charge in [-0.2, -0.15) is 4.98 Å². The molecule has 3 aromatic rings. The van der Waals surface area contributed by atoms with Crippen molar-refractivity contribution in [2.24, 2.45) is 0 Å². The summed E-state index contributed by atoms with van der Waals surface area (Å²) in [6, 6.07) is 6.45. The molecule has 0 radical (unpaired) electrons. The third kappa shape index (κ3) is 3.01. The summed E-state index contributed by atoms with van der Waals surface area (Å²) >= 11 is 7.72. The van der Waals surface area contributed by atoms with Crippen molar-refractivity contribution in [3.05, 3.63) is 40.2 Å². The lowest BCUT2D eigenvalue weighted by atomic mass is 10.0. The molecule has 2 aromatic heterocycles. The Labute approximate surface area is 159 Å². The number of nitrogens with zero attached hydrogens (tertiary/aromatic N) is 4. The quantitative estimate of drug-likeness (QED) is 0.505. The molecule has 0 aliphatic carbocycles. The van der Waals surface area contributed by atoms with Crippen molar-refractivity contribution >= 4 is 45.4 Å². The Morgan fingerprint density at radius 1 is 1.15 bits per heavy atom. The van der Waals surface area contributed by atoms with Crippen molar-refractivity contribution in [1.29, 1.82) is 0 Å². The number of benzene rings is 1. The van der Waals surface area contributed by atoms with Crippen LogP contribution in [0.25, 0.3) is 21.3 Å². The number of aromatic nitrogens is 2. The largest absolute Gasteiger partial charge is 0.352 e. The number of hydrogen-bond donors (Lipinski definition) is 0. The van der Waals surface area contributed by atoms with Gasteiger partial charge in [-0.3, -0.25) is 4.79 Å². The van der Waals surface area contributed by atoms with E-state index in [0.29, 0.717) is 26.2 Å². The van der Waals surface area contributed by atoms with E-state index in [9.17, 15) is 9.18 Å². The first-order valence-corrected chi connectivity index (χ1v) is 9.43. The number of carbonyl (C=O) groups excluding carboxylic acids is 1. The summed E-state index contributed by atoms with van der Waals surface area (Å²) in [6.45, 7) is 4.66. The second kappa shape index (κ2) is 6.81. The van der Waals surface area contributed by atoms with Gasteiger partial charge in [-0.1, -0.05) is 12.1 Å². The van der Waals surface area contributed by atoms with Crippen LogP contribution < -0.4 is 4.90 Å². The van der Waals surface area contributed by atoms with Crippen LogP contribution in [0, 0.1) is 12.7 Å². The fourth-order valence-corrected chi connectivity index (χ4v) is 4.55. The molecule has 3 heterocycles. The lowest BCUT2D eigenvalue weighted by Crippen LogP contribution is -2.46. The number of thiophene rings is 1. The normalized spacial score (nSPS) is 14.9.